The van der Waals surface area contributed by atoms with E-state index in [1.54, 1.807) is 0 Å². The highest BCUT2D eigenvalue weighted by molar-refractivity contribution is 7.96. The van der Waals surface area contributed by atoms with Crippen LogP contribution in [0.25, 0.3) is 0 Å². The van der Waals surface area contributed by atoms with Gasteiger partial charge in [-0.15, -0.1) is 0 Å². The highest BCUT2D eigenvalue weighted by atomic mass is 32.2. The van der Waals surface area contributed by atoms with Gasteiger partial charge >= 0.3 is 0 Å². The lowest BCUT2D eigenvalue weighted by molar-refractivity contribution is 0.315. The molecule has 1 heterocycles. The Kier molecular flexibility index (Phi) is 3.52. The molecule has 3 heteroatoms. The van der Waals surface area contributed by atoms with Crippen molar-refractivity contribution in [2.45, 2.75) is 18.9 Å². The molecule has 0 spiro atoms. The second-order valence-corrected chi connectivity index (χ2v) is 3.58. The van der Waals surface area contributed by atoms with E-state index in [1.807, 2.05) is 11.9 Å². The normalized spacial score (nSPS) is 28.8. The van der Waals surface area contributed by atoms with Crippen LogP contribution in [0.3, 0.4) is 0 Å². The smallest absolute Gasteiger partial charge is 0.0243 e. The Labute approximate surface area is 67.5 Å². The van der Waals surface area contributed by atoms with Crippen LogP contribution in [0.15, 0.2) is 0 Å². The molecule has 0 radical (unpaired) electrons. The van der Waals surface area contributed by atoms with Crippen molar-refractivity contribution in [1.82, 2.24) is 9.62 Å². The van der Waals surface area contributed by atoms with Crippen molar-refractivity contribution in [3.8, 4) is 0 Å². The first-order valence-electron chi connectivity index (χ1n) is 3.83. The van der Waals surface area contributed by atoms with E-state index >= 15 is 0 Å². The molecule has 10 heavy (non-hydrogen) atoms. The molecule has 1 saturated heterocycles. The first kappa shape index (κ1) is 8.37. The average Bonchev–Trinajstić information content (AvgIpc) is 2.05. The van der Waals surface area contributed by atoms with Crippen LogP contribution in [0.5, 0.6) is 0 Å². The highest BCUT2D eigenvalue weighted by Crippen LogP contribution is 2.15. The van der Waals surface area contributed by atoms with Crippen LogP contribution >= 0.6 is 11.9 Å². The quantitative estimate of drug-likeness (QED) is 0.605. The summed E-state index contributed by atoms with van der Waals surface area (Å²) in [5.41, 5.74) is 0. The molecule has 1 fully saturated rings. The minimum Gasteiger partial charge on any atom is -0.316 e. The van der Waals surface area contributed by atoms with Crippen LogP contribution in [0.2, 0.25) is 0 Å². The van der Waals surface area contributed by atoms with Crippen LogP contribution in [-0.2, 0) is 0 Å². The number of nitrogens with zero attached hydrogens (tertiary/aromatic N) is 1. The van der Waals surface area contributed by atoms with Crippen molar-refractivity contribution < 1.29 is 0 Å². The standard InChI is InChI=1S/C7H16N2S/c1-8-7-4-3-5-9(6-7)10-2/h7-8H,3-6H2,1-2H3/t7-/m0/s1. The van der Waals surface area contributed by atoms with Gasteiger partial charge < -0.3 is 5.32 Å². The summed E-state index contributed by atoms with van der Waals surface area (Å²) in [6.07, 6.45) is 4.83. The third-order valence-electron chi connectivity index (χ3n) is 2.05. The summed E-state index contributed by atoms with van der Waals surface area (Å²) < 4.78 is 2.42. The Bertz CT molecular complexity index is 87.6. The number of nitrogens with one attached hydrogen (secondary N) is 1. The molecule has 0 amide bonds. The zero-order valence-electron chi connectivity index (χ0n) is 6.76. The van der Waals surface area contributed by atoms with E-state index in [0.717, 1.165) is 6.04 Å². The fourth-order valence-corrected chi connectivity index (χ4v) is 1.98. The van der Waals surface area contributed by atoms with E-state index < -0.39 is 0 Å². The SMILES string of the molecule is CN[C@H]1CCCN(SC)C1. The third-order valence-corrected chi connectivity index (χ3v) is 2.90. The van der Waals surface area contributed by atoms with Crippen LogP contribution in [0, 0.1) is 0 Å². The zero-order chi connectivity index (χ0) is 7.40. The van der Waals surface area contributed by atoms with E-state index in [0.29, 0.717) is 0 Å². The Morgan fingerprint density at radius 2 is 2.40 bits per heavy atom. The van der Waals surface area contributed by atoms with Gasteiger partial charge in [-0.2, -0.15) is 0 Å². The molecular formula is C7H16N2S. The molecule has 1 aliphatic rings. The topological polar surface area (TPSA) is 15.3 Å². The third kappa shape index (κ3) is 2.15. The molecule has 0 aliphatic carbocycles. The van der Waals surface area contributed by atoms with Gasteiger partial charge in [0.05, 0.1) is 0 Å². The van der Waals surface area contributed by atoms with Gasteiger partial charge in [0.1, 0.15) is 0 Å². The fourth-order valence-electron chi connectivity index (χ4n) is 1.34. The van der Waals surface area contributed by atoms with Crippen molar-refractivity contribution in [3.05, 3.63) is 0 Å². The minimum absolute atomic E-state index is 0.723. The van der Waals surface area contributed by atoms with Crippen LogP contribution < -0.4 is 5.32 Å². The molecule has 60 valence electrons. The van der Waals surface area contributed by atoms with Crippen molar-refractivity contribution in [1.29, 1.82) is 0 Å². The van der Waals surface area contributed by atoms with Gasteiger partial charge in [0.15, 0.2) is 0 Å². The van der Waals surface area contributed by atoms with E-state index in [-0.39, 0.29) is 0 Å². The van der Waals surface area contributed by atoms with Crippen LogP contribution in [-0.4, -0.2) is 36.7 Å². The summed E-state index contributed by atoms with van der Waals surface area (Å²) in [4.78, 5) is 0. The molecule has 0 aromatic heterocycles. The molecular weight excluding hydrogens is 144 g/mol. The number of piperidine rings is 1. The van der Waals surface area contributed by atoms with Crippen LogP contribution in [0.1, 0.15) is 12.8 Å². The van der Waals surface area contributed by atoms with Gasteiger partial charge in [-0.25, -0.2) is 4.31 Å². The van der Waals surface area contributed by atoms with Gasteiger partial charge in [-0.1, -0.05) is 11.9 Å². The molecule has 0 aromatic rings. The number of hydrogen-bond donors (Lipinski definition) is 1. The largest absolute Gasteiger partial charge is 0.316 e. The van der Waals surface area contributed by atoms with Gasteiger partial charge in [0.25, 0.3) is 0 Å². The molecule has 0 saturated carbocycles. The number of rotatable bonds is 2. The van der Waals surface area contributed by atoms with Crippen molar-refractivity contribution in [3.63, 3.8) is 0 Å². The summed E-state index contributed by atoms with van der Waals surface area (Å²) in [6, 6.07) is 0.723. The lowest BCUT2D eigenvalue weighted by Crippen LogP contribution is -2.41. The summed E-state index contributed by atoms with van der Waals surface area (Å²) in [7, 11) is 2.05. The van der Waals surface area contributed by atoms with Gasteiger partial charge in [0.2, 0.25) is 0 Å². The first-order chi connectivity index (χ1) is 4.86. The number of likely N-dealkylation sites (N-methyl/N-ethyl adjacent to an activating group) is 1. The van der Waals surface area contributed by atoms with Gasteiger partial charge in [-0.3, -0.25) is 0 Å². The van der Waals surface area contributed by atoms with Crippen molar-refractivity contribution >= 4 is 11.9 Å². The molecule has 1 atom stereocenters. The van der Waals surface area contributed by atoms with Crippen LogP contribution in [0.4, 0.5) is 0 Å². The lowest BCUT2D eigenvalue weighted by atomic mass is 10.1. The first-order valence-corrected chi connectivity index (χ1v) is 5.01. The second kappa shape index (κ2) is 4.21. The van der Waals surface area contributed by atoms with Gasteiger partial charge in [-0.05, 0) is 26.1 Å². The van der Waals surface area contributed by atoms with E-state index in [1.165, 1.54) is 25.9 Å². The summed E-state index contributed by atoms with van der Waals surface area (Å²) in [5.74, 6) is 0. The molecule has 0 unspecified atom stereocenters. The number of hydrogen-bond acceptors (Lipinski definition) is 3. The molecule has 1 aliphatic heterocycles. The Morgan fingerprint density at radius 1 is 1.60 bits per heavy atom. The molecule has 0 bridgehead atoms. The molecule has 1 N–H and O–H groups in total. The fraction of sp³-hybridized carbons (Fsp3) is 1.00. The maximum absolute atomic E-state index is 3.31. The van der Waals surface area contributed by atoms with Crippen molar-refractivity contribution in [2.24, 2.45) is 0 Å². The van der Waals surface area contributed by atoms with E-state index in [9.17, 15) is 0 Å². The second-order valence-electron chi connectivity index (χ2n) is 2.70. The van der Waals surface area contributed by atoms with Crippen molar-refractivity contribution in [2.75, 3.05) is 26.4 Å². The van der Waals surface area contributed by atoms with E-state index in [4.69, 9.17) is 0 Å². The minimum atomic E-state index is 0.723. The van der Waals surface area contributed by atoms with Gasteiger partial charge in [0, 0.05) is 19.1 Å². The predicted molar refractivity (Wildman–Crippen MR) is 47.2 cm³/mol. The molecule has 0 aromatic carbocycles. The zero-order valence-corrected chi connectivity index (χ0v) is 7.58. The maximum Gasteiger partial charge on any atom is 0.0243 e. The summed E-state index contributed by atoms with van der Waals surface area (Å²) in [6.45, 7) is 2.47. The highest BCUT2D eigenvalue weighted by Gasteiger charge is 2.16. The predicted octanol–water partition coefficient (Wildman–Crippen LogP) is 0.948. The molecule has 2 nitrogen and oxygen atoms in total. The van der Waals surface area contributed by atoms with E-state index in [2.05, 4.69) is 22.9 Å². The maximum atomic E-state index is 3.31. The Morgan fingerprint density at radius 3 is 3.00 bits per heavy atom. The average molecular weight is 160 g/mol. The Hall–Kier alpha value is 0.270. The Balaban J connectivity index is 2.25. The lowest BCUT2D eigenvalue weighted by Gasteiger charge is -2.30. The monoisotopic (exact) mass is 160 g/mol. The molecule has 1 rings (SSSR count). The summed E-state index contributed by atoms with van der Waals surface area (Å²) in [5, 5.41) is 3.31. The summed E-state index contributed by atoms with van der Waals surface area (Å²) >= 11 is 1.86.